The Morgan fingerprint density at radius 2 is 1.73 bits per heavy atom. The number of ether oxygens (including phenoxy) is 1. The molecule has 0 unspecified atom stereocenters. The third kappa shape index (κ3) is 9.11. The van der Waals surface area contributed by atoms with Gasteiger partial charge in [0.2, 0.25) is 17.7 Å². The molecule has 4 rings (SSSR count). The van der Waals surface area contributed by atoms with Crippen molar-refractivity contribution in [2.75, 3.05) is 26.3 Å². The maximum Gasteiger partial charge on any atom is 0.276 e. The first-order valence-corrected chi connectivity index (χ1v) is 15.6. The summed E-state index contributed by atoms with van der Waals surface area (Å²) in [6.07, 6.45) is 3.54. The van der Waals surface area contributed by atoms with E-state index in [0.717, 1.165) is 51.3 Å². The average molecular weight is 586 g/mol. The van der Waals surface area contributed by atoms with Gasteiger partial charge in [0.25, 0.3) is 11.1 Å². The van der Waals surface area contributed by atoms with Gasteiger partial charge in [0.15, 0.2) is 0 Å². The van der Waals surface area contributed by atoms with Gasteiger partial charge < -0.3 is 14.5 Å². The molecule has 1 saturated heterocycles. The van der Waals surface area contributed by atoms with Crippen LogP contribution < -0.4 is 10.6 Å². The normalized spacial score (nSPS) is 20.6. The van der Waals surface area contributed by atoms with E-state index >= 15 is 0 Å². The fourth-order valence-electron chi connectivity index (χ4n) is 5.35. The molecular weight excluding hydrogens is 542 g/mol. The molecular formula is C30H43N5O5S. The number of imide groups is 1. The zero-order chi connectivity index (χ0) is 29.4. The first-order chi connectivity index (χ1) is 19.7. The molecule has 3 atom stereocenters. The van der Waals surface area contributed by atoms with E-state index in [0.29, 0.717) is 30.0 Å². The molecule has 1 aliphatic heterocycles. The highest BCUT2D eigenvalue weighted by atomic mass is 32.2. The van der Waals surface area contributed by atoms with Crippen LogP contribution in [0.3, 0.4) is 0 Å². The van der Waals surface area contributed by atoms with Crippen LogP contribution in [0.15, 0.2) is 33.9 Å². The summed E-state index contributed by atoms with van der Waals surface area (Å²) in [5, 5.41) is 14.5. The number of aromatic nitrogens is 2. The van der Waals surface area contributed by atoms with E-state index < -0.39 is 17.7 Å². The molecule has 41 heavy (non-hydrogen) atoms. The summed E-state index contributed by atoms with van der Waals surface area (Å²) in [5.41, 5.74) is 1.70. The van der Waals surface area contributed by atoms with Gasteiger partial charge in [0, 0.05) is 36.5 Å². The molecule has 1 aromatic heterocycles. The lowest BCUT2D eigenvalue weighted by Crippen LogP contribution is -2.50. The minimum atomic E-state index is -0.722. The number of thioether (sulfide) groups is 1. The molecule has 224 valence electrons. The standard InChI is InChI=1S/C30H43N5O5S/c1-19(2)17-24(29-33-34-30(40-29)41-20(3)4)28(38)32-27(37)23-7-5-6-8-25(23)31-26(36)22-11-9-21(10-12-22)18-35-13-15-39-16-14-35/h9-12,19-20,23-25H,5-8,13-18H2,1-4H3,(H,31,36)(H,32,37,38)/t23-,24-,25+/m1/s1. The zero-order valence-electron chi connectivity index (χ0n) is 24.6. The molecule has 1 aromatic carbocycles. The van der Waals surface area contributed by atoms with Crippen molar-refractivity contribution in [3.05, 3.63) is 41.3 Å². The van der Waals surface area contributed by atoms with Crippen LogP contribution in [-0.4, -0.2) is 70.4 Å². The quantitative estimate of drug-likeness (QED) is 0.374. The highest BCUT2D eigenvalue weighted by Crippen LogP contribution is 2.29. The van der Waals surface area contributed by atoms with Gasteiger partial charge in [-0.05, 0) is 42.9 Å². The minimum absolute atomic E-state index is 0.177. The average Bonchev–Trinajstić information content (AvgIpc) is 3.40. The third-order valence-electron chi connectivity index (χ3n) is 7.47. The highest BCUT2D eigenvalue weighted by molar-refractivity contribution is 7.99. The summed E-state index contributed by atoms with van der Waals surface area (Å²) in [5.74, 6) is -1.84. The van der Waals surface area contributed by atoms with E-state index in [1.165, 1.54) is 11.8 Å². The Labute approximate surface area is 246 Å². The fourth-order valence-corrected chi connectivity index (χ4v) is 5.98. The summed E-state index contributed by atoms with van der Waals surface area (Å²) >= 11 is 1.43. The number of carbonyl (C=O) groups excluding carboxylic acids is 3. The summed E-state index contributed by atoms with van der Waals surface area (Å²) in [7, 11) is 0. The van der Waals surface area contributed by atoms with Gasteiger partial charge in [-0.15, -0.1) is 10.2 Å². The second kappa shape index (κ2) is 14.9. The molecule has 2 fully saturated rings. The zero-order valence-corrected chi connectivity index (χ0v) is 25.4. The monoisotopic (exact) mass is 585 g/mol. The molecule has 11 heteroatoms. The van der Waals surface area contributed by atoms with Crippen molar-refractivity contribution in [1.29, 1.82) is 0 Å². The van der Waals surface area contributed by atoms with Crippen molar-refractivity contribution < 1.29 is 23.5 Å². The van der Waals surface area contributed by atoms with Gasteiger partial charge in [-0.1, -0.05) is 64.4 Å². The van der Waals surface area contributed by atoms with E-state index in [4.69, 9.17) is 9.15 Å². The Bertz CT molecular complexity index is 1160. The molecule has 10 nitrogen and oxygen atoms in total. The predicted molar refractivity (Wildman–Crippen MR) is 156 cm³/mol. The number of amides is 3. The van der Waals surface area contributed by atoms with Crippen LogP contribution >= 0.6 is 11.8 Å². The van der Waals surface area contributed by atoms with E-state index in [-0.39, 0.29) is 34.9 Å². The number of nitrogens with one attached hydrogen (secondary N) is 2. The molecule has 1 aliphatic carbocycles. The van der Waals surface area contributed by atoms with E-state index in [9.17, 15) is 14.4 Å². The summed E-state index contributed by atoms with van der Waals surface area (Å²) < 4.78 is 11.2. The van der Waals surface area contributed by atoms with Crippen molar-refractivity contribution in [2.45, 2.75) is 88.8 Å². The number of rotatable bonds is 11. The van der Waals surface area contributed by atoms with Gasteiger partial charge in [-0.25, -0.2) is 0 Å². The van der Waals surface area contributed by atoms with Crippen molar-refractivity contribution in [3.8, 4) is 0 Å². The third-order valence-corrected chi connectivity index (χ3v) is 8.31. The number of benzene rings is 1. The largest absolute Gasteiger partial charge is 0.415 e. The van der Waals surface area contributed by atoms with E-state index in [1.807, 2.05) is 52.0 Å². The highest BCUT2D eigenvalue weighted by Gasteiger charge is 2.36. The number of nitrogens with zero attached hydrogens (tertiary/aromatic N) is 3. The van der Waals surface area contributed by atoms with Crippen molar-refractivity contribution in [1.82, 2.24) is 25.7 Å². The lowest BCUT2D eigenvalue weighted by Gasteiger charge is -2.31. The topological polar surface area (TPSA) is 127 Å². The molecule has 2 heterocycles. The first-order valence-electron chi connectivity index (χ1n) is 14.7. The molecule has 2 N–H and O–H groups in total. The Kier molecular flexibility index (Phi) is 11.4. The summed E-state index contributed by atoms with van der Waals surface area (Å²) in [6.45, 7) is 12.2. The molecule has 2 aliphatic rings. The van der Waals surface area contributed by atoms with Gasteiger partial charge in [0.1, 0.15) is 5.92 Å². The van der Waals surface area contributed by atoms with Gasteiger partial charge in [-0.2, -0.15) is 0 Å². The van der Waals surface area contributed by atoms with Crippen LogP contribution in [0.5, 0.6) is 0 Å². The minimum Gasteiger partial charge on any atom is -0.415 e. The predicted octanol–water partition coefficient (Wildman–Crippen LogP) is 4.16. The van der Waals surface area contributed by atoms with Crippen LogP contribution in [0.4, 0.5) is 0 Å². The lowest BCUT2D eigenvalue weighted by atomic mass is 9.83. The van der Waals surface area contributed by atoms with Crippen LogP contribution in [-0.2, 0) is 20.9 Å². The van der Waals surface area contributed by atoms with Crippen LogP contribution in [0.25, 0.3) is 0 Å². The summed E-state index contributed by atoms with van der Waals surface area (Å²) in [6, 6.07) is 7.27. The first kappa shape index (κ1) is 31.2. The lowest BCUT2D eigenvalue weighted by molar-refractivity contribution is -0.135. The molecule has 0 bridgehead atoms. The van der Waals surface area contributed by atoms with Crippen LogP contribution in [0, 0.1) is 11.8 Å². The Balaban J connectivity index is 1.37. The van der Waals surface area contributed by atoms with Crippen molar-refractivity contribution >= 4 is 29.5 Å². The molecule has 2 aromatic rings. The van der Waals surface area contributed by atoms with Crippen LogP contribution in [0.1, 0.15) is 87.5 Å². The fraction of sp³-hybridized carbons (Fsp3) is 0.633. The van der Waals surface area contributed by atoms with E-state index in [1.54, 1.807) is 0 Å². The van der Waals surface area contributed by atoms with Crippen molar-refractivity contribution in [3.63, 3.8) is 0 Å². The van der Waals surface area contributed by atoms with Gasteiger partial charge in [0.05, 0.1) is 19.1 Å². The Morgan fingerprint density at radius 3 is 2.41 bits per heavy atom. The maximum absolute atomic E-state index is 13.4. The van der Waals surface area contributed by atoms with Gasteiger partial charge >= 0.3 is 0 Å². The van der Waals surface area contributed by atoms with Gasteiger partial charge in [-0.3, -0.25) is 24.6 Å². The Hall–Kier alpha value is -2.76. The van der Waals surface area contributed by atoms with Crippen LogP contribution in [0.2, 0.25) is 0 Å². The SMILES string of the molecule is CC(C)C[C@H](C(=O)NC(=O)[C@@H]1CCCC[C@@H]1NC(=O)c1ccc(CN2CCOCC2)cc1)c1nnc(SC(C)C)o1. The Morgan fingerprint density at radius 1 is 1.02 bits per heavy atom. The molecule has 3 amide bonds. The number of morpholine rings is 1. The molecule has 1 saturated carbocycles. The second-order valence-corrected chi connectivity index (χ2v) is 13.2. The molecule has 0 spiro atoms. The number of hydrogen-bond acceptors (Lipinski definition) is 9. The summed E-state index contributed by atoms with van der Waals surface area (Å²) in [4.78, 5) is 42.2. The number of carbonyl (C=O) groups is 3. The second-order valence-electron chi connectivity index (χ2n) is 11.7. The smallest absolute Gasteiger partial charge is 0.276 e. The molecule has 0 radical (unpaired) electrons. The van der Waals surface area contributed by atoms with E-state index in [2.05, 4.69) is 25.7 Å². The van der Waals surface area contributed by atoms with Crippen molar-refractivity contribution in [2.24, 2.45) is 11.8 Å². The maximum atomic E-state index is 13.4. The number of hydrogen-bond donors (Lipinski definition) is 2.